The van der Waals surface area contributed by atoms with Crippen molar-refractivity contribution in [1.29, 1.82) is 0 Å². The van der Waals surface area contributed by atoms with Crippen LogP contribution in [0.1, 0.15) is 36.8 Å². The Hall–Kier alpha value is -1.11. The second kappa shape index (κ2) is 7.61. The van der Waals surface area contributed by atoms with Gasteiger partial charge in [0.05, 0.1) is 4.90 Å². The van der Waals surface area contributed by atoms with E-state index in [-0.39, 0.29) is 11.5 Å². The molecule has 5 nitrogen and oxygen atoms in total. The molecule has 0 radical (unpaired) electrons. The van der Waals surface area contributed by atoms with Crippen molar-refractivity contribution in [3.05, 3.63) is 23.3 Å². The lowest BCUT2D eigenvalue weighted by atomic mass is 10.1. The summed E-state index contributed by atoms with van der Waals surface area (Å²) in [4.78, 5) is 0.285. The zero-order valence-electron chi connectivity index (χ0n) is 12.1. The van der Waals surface area contributed by atoms with Crippen LogP contribution in [0.3, 0.4) is 0 Å². The number of unbranched alkanes of at least 4 members (excludes halogenated alkanes) is 3. The fraction of sp³-hybridized carbons (Fsp3) is 0.571. The standard InChI is InChI=1S/C14H24N2O3S/c1-11-7-8-13(15)12(2)14(11)20(18,19)16-9-5-3-4-6-10-17/h7-8,16-17H,3-6,9-10,15H2,1-2H3. The molecule has 0 saturated carbocycles. The van der Waals surface area contributed by atoms with Crippen LogP contribution in [0.25, 0.3) is 0 Å². The molecule has 0 unspecified atom stereocenters. The highest BCUT2D eigenvalue weighted by Crippen LogP contribution is 2.24. The van der Waals surface area contributed by atoms with E-state index < -0.39 is 10.0 Å². The van der Waals surface area contributed by atoms with E-state index in [1.54, 1.807) is 26.0 Å². The Balaban J connectivity index is 2.68. The van der Waals surface area contributed by atoms with Crippen molar-refractivity contribution >= 4 is 15.7 Å². The SMILES string of the molecule is Cc1ccc(N)c(C)c1S(=O)(=O)NCCCCCCO. The number of rotatable bonds is 8. The van der Waals surface area contributed by atoms with Gasteiger partial charge in [0.2, 0.25) is 10.0 Å². The third kappa shape index (κ3) is 4.47. The van der Waals surface area contributed by atoms with Crippen molar-refractivity contribution in [2.45, 2.75) is 44.4 Å². The number of sulfonamides is 1. The molecule has 0 amide bonds. The van der Waals surface area contributed by atoms with Crippen molar-refractivity contribution in [3.8, 4) is 0 Å². The van der Waals surface area contributed by atoms with Gasteiger partial charge in [-0.1, -0.05) is 18.9 Å². The van der Waals surface area contributed by atoms with Crippen LogP contribution < -0.4 is 10.5 Å². The van der Waals surface area contributed by atoms with E-state index in [1.807, 2.05) is 0 Å². The molecule has 0 aromatic heterocycles. The fourth-order valence-corrected chi connectivity index (χ4v) is 3.70. The number of nitrogens with two attached hydrogens (primary N) is 1. The van der Waals surface area contributed by atoms with Crippen LogP contribution in [0.15, 0.2) is 17.0 Å². The van der Waals surface area contributed by atoms with E-state index in [0.717, 1.165) is 25.7 Å². The van der Waals surface area contributed by atoms with E-state index in [0.29, 0.717) is 23.4 Å². The molecule has 0 aliphatic carbocycles. The minimum atomic E-state index is -3.52. The molecule has 0 spiro atoms. The second-order valence-electron chi connectivity index (χ2n) is 4.96. The molecule has 6 heteroatoms. The quantitative estimate of drug-likeness (QED) is 0.503. The number of anilines is 1. The largest absolute Gasteiger partial charge is 0.398 e. The van der Waals surface area contributed by atoms with Gasteiger partial charge in [-0.3, -0.25) is 0 Å². The second-order valence-corrected chi connectivity index (χ2v) is 6.67. The number of hydrogen-bond acceptors (Lipinski definition) is 4. The predicted octanol–water partition coefficient (Wildman–Crippen LogP) is 1.72. The summed E-state index contributed by atoms with van der Waals surface area (Å²) < 4.78 is 27.2. The fourth-order valence-electron chi connectivity index (χ4n) is 2.12. The summed E-state index contributed by atoms with van der Waals surface area (Å²) in [7, 11) is -3.52. The summed E-state index contributed by atoms with van der Waals surface area (Å²) in [6.45, 7) is 4.08. The lowest BCUT2D eigenvalue weighted by molar-refractivity contribution is 0.282. The molecule has 0 bridgehead atoms. The monoisotopic (exact) mass is 300 g/mol. The Morgan fingerprint density at radius 1 is 1.15 bits per heavy atom. The molecule has 114 valence electrons. The first-order valence-corrected chi connectivity index (χ1v) is 8.34. The van der Waals surface area contributed by atoms with Crippen LogP contribution in [0.5, 0.6) is 0 Å². The number of benzene rings is 1. The molecule has 0 heterocycles. The normalized spacial score (nSPS) is 11.8. The maximum atomic E-state index is 12.3. The van der Waals surface area contributed by atoms with E-state index in [9.17, 15) is 8.42 Å². The highest BCUT2D eigenvalue weighted by Gasteiger charge is 2.20. The number of aryl methyl sites for hydroxylation is 1. The Morgan fingerprint density at radius 3 is 2.45 bits per heavy atom. The summed E-state index contributed by atoms with van der Waals surface area (Å²) in [5.74, 6) is 0. The Labute approximate surface area is 121 Å². The maximum Gasteiger partial charge on any atom is 0.241 e. The van der Waals surface area contributed by atoms with Crippen molar-refractivity contribution < 1.29 is 13.5 Å². The van der Waals surface area contributed by atoms with Gasteiger partial charge in [-0.25, -0.2) is 13.1 Å². The third-order valence-electron chi connectivity index (χ3n) is 3.29. The lowest BCUT2D eigenvalue weighted by Gasteiger charge is -2.13. The highest BCUT2D eigenvalue weighted by molar-refractivity contribution is 7.89. The first-order chi connectivity index (χ1) is 9.40. The van der Waals surface area contributed by atoms with Crippen LogP contribution >= 0.6 is 0 Å². The maximum absolute atomic E-state index is 12.3. The minimum absolute atomic E-state index is 0.188. The van der Waals surface area contributed by atoms with Gasteiger partial charge < -0.3 is 10.8 Å². The van der Waals surface area contributed by atoms with Gasteiger partial charge in [0.15, 0.2) is 0 Å². The molecule has 0 aliphatic heterocycles. The van der Waals surface area contributed by atoms with E-state index >= 15 is 0 Å². The van der Waals surface area contributed by atoms with Gasteiger partial charge >= 0.3 is 0 Å². The number of aliphatic hydroxyl groups excluding tert-OH is 1. The summed E-state index contributed by atoms with van der Waals surface area (Å²) >= 11 is 0. The first kappa shape index (κ1) is 16.9. The molecule has 0 fully saturated rings. The van der Waals surface area contributed by atoms with Crippen molar-refractivity contribution in [2.75, 3.05) is 18.9 Å². The Morgan fingerprint density at radius 2 is 1.80 bits per heavy atom. The van der Waals surface area contributed by atoms with E-state index in [4.69, 9.17) is 10.8 Å². The zero-order chi connectivity index (χ0) is 15.2. The minimum Gasteiger partial charge on any atom is -0.398 e. The summed E-state index contributed by atoms with van der Waals surface area (Å²) in [5, 5.41) is 8.66. The van der Waals surface area contributed by atoms with Crippen LogP contribution in [0, 0.1) is 13.8 Å². The van der Waals surface area contributed by atoms with Crippen LogP contribution in [0.2, 0.25) is 0 Å². The lowest BCUT2D eigenvalue weighted by Crippen LogP contribution is -2.26. The summed E-state index contributed by atoms with van der Waals surface area (Å²) in [6, 6.07) is 3.44. The molecular weight excluding hydrogens is 276 g/mol. The van der Waals surface area contributed by atoms with Crippen molar-refractivity contribution in [1.82, 2.24) is 4.72 Å². The molecule has 0 atom stereocenters. The topological polar surface area (TPSA) is 92.4 Å². The molecule has 1 aromatic carbocycles. The van der Waals surface area contributed by atoms with Gasteiger partial charge in [-0.2, -0.15) is 0 Å². The summed E-state index contributed by atoms with van der Waals surface area (Å²) in [5.41, 5.74) is 7.56. The Kier molecular flexibility index (Phi) is 6.45. The number of hydrogen-bond donors (Lipinski definition) is 3. The number of nitrogens with one attached hydrogen (secondary N) is 1. The van der Waals surface area contributed by atoms with E-state index in [2.05, 4.69) is 4.72 Å². The van der Waals surface area contributed by atoms with Crippen LogP contribution in [-0.2, 0) is 10.0 Å². The van der Waals surface area contributed by atoms with Crippen molar-refractivity contribution in [3.63, 3.8) is 0 Å². The smallest absolute Gasteiger partial charge is 0.241 e. The highest BCUT2D eigenvalue weighted by atomic mass is 32.2. The van der Waals surface area contributed by atoms with Crippen LogP contribution in [-0.4, -0.2) is 26.7 Å². The summed E-state index contributed by atoms with van der Waals surface area (Å²) in [6.07, 6.45) is 3.34. The van der Waals surface area contributed by atoms with Gasteiger partial charge in [-0.15, -0.1) is 0 Å². The van der Waals surface area contributed by atoms with Gasteiger partial charge in [-0.05, 0) is 43.9 Å². The van der Waals surface area contributed by atoms with Crippen molar-refractivity contribution in [2.24, 2.45) is 0 Å². The molecule has 4 N–H and O–H groups in total. The number of aliphatic hydroxyl groups is 1. The number of nitrogen functional groups attached to an aromatic ring is 1. The van der Waals surface area contributed by atoms with Gasteiger partial charge in [0.1, 0.15) is 0 Å². The third-order valence-corrected chi connectivity index (χ3v) is 5.04. The molecule has 1 rings (SSSR count). The molecule has 1 aromatic rings. The first-order valence-electron chi connectivity index (χ1n) is 6.86. The van der Waals surface area contributed by atoms with E-state index in [1.165, 1.54) is 0 Å². The molecular formula is C14H24N2O3S. The average Bonchev–Trinajstić information content (AvgIpc) is 2.38. The average molecular weight is 300 g/mol. The molecule has 20 heavy (non-hydrogen) atoms. The zero-order valence-corrected chi connectivity index (χ0v) is 13.0. The molecule has 0 saturated heterocycles. The van der Waals surface area contributed by atoms with Gasteiger partial charge in [0, 0.05) is 18.8 Å². The predicted molar refractivity (Wildman–Crippen MR) is 81.1 cm³/mol. The molecule has 0 aliphatic rings. The van der Waals surface area contributed by atoms with Crippen LogP contribution in [0.4, 0.5) is 5.69 Å². The Bertz CT molecular complexity index is 542. The van der Waals surface area contributed by atoms with Gasteiger partial charge in [0.25, 0.3) is 0 Å².